The van der Waals surface area contributed by atoms with Crippen LogP contribution in [0.4, 0.5) is 0 Å². The second-order valence-corrected chi connectivity index (χ2v) is 4.50. The highest BCUT2D eigenvalue weighted by Crippen LogP contribution is 2.26. The number of aromatic nitrogens is 2. The average Bonchev–Trinajstić information content (AvgIpc) is 2.27. The summed E-state index contributed by atoms with van der Waals surface area (Å²) in [6.07, 6.45) is 1.61. The molecular formula is C14H16N2O. The fourth-order valence-corrected chi connectivity index (χ4v) is 1.97. The molecular weight excluding hydrogens is 212 g/mol. The minimum Gasteiger partial charge on any atom is -0.305 e. The summed E-state index contributed by atoms with van der Waals surface area (Å²) in [5.74, 6) is 0. The third-order valence-electron chi connectivity index (χ3n) is 3.11. The minimum atomic E-state index is -0.303. The van der Waals surface area contributed by atoms with E-state index >= 15 is 0 Å². The molecule has 0 fully saturated rings. The van der Waals surface area contributed by atoms with Crippen LogP contribution in [-0.2, 0) is 0 Å². The van der Waals surface area contributed by atoms with Crippen molar-refractivity contribution in [3.8, 4) is 11.3 Å². The first-order chi connectivity index (χ1) is 7.99. The standard InChI is InChI=1S/C14H16N2O/c1-8-5-10(3)12(6-9(8)2)13-11(4)7-15-14(17)16-13/h5-7H,1-4H3,(H,15,16,17). The summed E-state index contributed by atoms with van der Waals surface area (Å²) in [7, 11) is 0. The quantitative estimate of drug-likeness (QED) is 0.815. The zero-order valence-electron chi connectivity index (χ0n) is 10.6. The Hall–Kier alpha value is -1.90. The molecule has 17 heavy (non-hydrogen) atoms. The van der Waals surface area contributed by atoms with Crippen molar-refractivity contribution in [2.24, 2.45) is 0 Å². The van der Waals surface area contributed by atoms with Crippen molar-refractivity contribution < 1.29 is 0 Å². The SMILES string of the molecule is Cc1cc(C)c(-c2[nH]c(=O)ncc2C)cc1C. The molecule has 0 aliphatic carbocycles. The number of nitrogens with one attached hydrogen (secondary N) is 1. The molecule has 0 unspecified atom stereocenters. The van der Waals surface area contributed by atoms with Gasteiger partial charge >= 0.3 is 5.69 Å². The van der Waals surface area contributed by atoms with Gasteiger partial charge in [-0.05, 0) is 56.0 Å². The Morgan fingerprint density at radius 3 is 2.29 bits per heavy atom. The molecule has 0 saturated heterocycles. The summed E-state index contributed by atoms with van der Waals surface area (Å²) in [4.78, 5) is 17.8. The van der Waals surface area contributed by atoms with Gasteiger partial charge in [-0.1, -0.05) is 6.07 Å². The number of H-pyrrole nitrogens is 1. The number of hydrogen-bond donors (Lipinski definition) is 1. The zero-order chi connectivity index (χ0) is 12.6. The molecule has 0 radical (unpaired) electrons. The fraction of sp³-hybridized carbons (Fsp3) is 0.286. The second kappa shape index (κ2) is 4.17. The third kappa shape index (κ3) is 2.13. The van der Waals surface area contributed by atoms with E-state index in [0.29, 0.717) is 0 Å². The van der Waals surface area contributed by atoms with Crippen LogP contribution < -0.4 is 5.69 Å². The lowest BCUT2D eigenvalue weighted by molar-refractivity contribution is 1.05. The van der Waals surface area contributed by atoms with Crippen molar-refractivity contribution >= 4 is 0 Å². The molecule has 0 aliphatic heterocycles. The number of hydrogen-bond acceptors (Lipinski definition) is 2. The van der Waals surface area contributed by atoms with Gasteiger partial charge in [0.2, 0.25) is 0 Å². The summed E-state index contributed by atoms with van der Waals surface area (Å²) >= 11 is 0. The van der Waals surface area contributed by atoms with Gasteiger partial charge < -0.3 is 4.98 Å². The highest BCUT2D eigenvalue weighted by atomic mass is 16.1. The Bertz CT molecular complexity index is 627. The number of rotatable bonds is 1. The largest absolute Gasteiger partial charge is 0.345 e. The van der Waals surface area contributed by atoms with Crippen molar-refractivity contribution in [1.82, 2.24) is 9.97 Å². The monoisotopic (exact) mass is 228 g/mol. The van der Waals surface area contributed by atoms with Crippen molar-refractivity contribution in [3.05, 3.63) is 51.1 Å². The van der Waals surface area contributed by atoms with Crippen LogP contribution in [0, 0.1) is 27.7 Å². The topological polar surface area (TPSA) is 45.8 Å². The van der Waals surface area contributed by atoms with Gasteiger partial charge in [0.15, 0.2) is 0 Å². The highest BCUT2D eigenvalue weighted by Gasteiger charge is 2.08. The maximum atomic E-state index is 11.3. The van der Waals surface area contributed by atoms with Crippen molar-refractivity contribution in [2.75, 3.05) is 0 Å². The van der Waals surface area contributed by atoms with Crippen molar-refractivity contribution in [1.29, 1.82) is 0 Å². The maximum Gasteiger partial charge on any atom is 0.345 e. The van der Waals surface area contributed by atoms with E-state index in [0.717, 1.165) is 22.4 Å². The predicted octanol–water partition coefficient (Wildman–Crippen LogP) is 2.67. The molecule has 1 aromatic heterocycles. The van der Waals surface area contributed by atoms with E-state index in [9.17, 15) is 4.79 Å². The smallest absolute Gasteiger partial charge is 0.305 e. The molecule has 0 aliphatic rings. The van der Waals surface area contributed by atoms with Crippen molar-refractivity contribution in [3.63, 3.8) is 0 Å². The van der Waals surface area contributed by atoms with Gasteiger partial charge in [-0.15, -0.1) is 0 Å². The van der Waals surface area contributed by atoms with E-state index in [1.54, 1.807) is 6.20 Å². The molecule has 0 saturated carbocycles. The van der Waals surface area contributed by atoms with Gasteiger partial charge in [0.25, 0.3) is 0 Å². The zero-order valence-corrected chi connectivity index (χ0v) is 10.6. The van der Waals surface area contributed by atoms with E-state index in [-0.39, 0.29) is 5.69 Å². The van der Waals surface area contributed by atoms with E-state index in [4.69, 9.17) is 0 Å². The lowest BCUT2D eigenvalue weighted by Gasteiger charge is -2.11. The first-order valence-corrected chi connectivity index (χ1v) is 5.63. The molecule has 0 atom stereocenters. The Labute approximate surface area is 101 Å². The van der Waals surface area contributed by atoms with Gasteiger partial charge in [0, 0.05) is 11.8 Å². The van der Waals surface area contributed by atoms with Crippen LogP contribution in [0.1, 0.15) is 22.3 Å². The highest BCUT2D eigenvalue weighted by molar-refractivity contribution is 5.67. The Morgan fingerprint density at radius 1 is 0.941 bits per heavy atom. The normalized spacial score (nSPS) is 10.6. The Morgan fingerprint density at radius 2 is 1.59 bits per heavy atom. The van der Waals surface area contributed by atoms with Gasteiger partial charge in [0.1, 0.15) is 0 Å². The first kappa shape index (κ1) is 11.6. The van der Waals surface area contributed by atoms with Gasteiger partial charge in [0.05, 0.1) is 5.69 Å². The number of aromatic amines is 1. The molecule has 2 aromatic rings. The minimum absolute atomic E-state index is 0.303. The van der Waals surface area contributed by atoms with Crippen molar-refractivity contribution in [2.45, 2.75) is 27.7 Å². The lowest BCUT2D eigenvalue weighted by atomic mass is 9.97. The summed E-state index contributed by atoms with van der Waals surface area (Å²) in [6.45, 7) is 8.17. The number of nitrogens with zero attached hydrogens (tertiary/aromatic N) is 1. The summed E-state index contributed by atoms with van der Waals surface area (Å²) in [6, 6.07) is 4.26. The number of aryl methyl sites for hydroxylation is 4. The summed E-state index contributed by atoms with van der Waals surface area (Å²) in [5.41, 5.74) is 6.27. The number of benzene rings is 1. The van der Waals surface area contributed by atoms with E-state index < -0.39 is 0 Å². The molecule has 1 aromatic carbocycles. The molecule has 1 heterocycles. The third-order valence-corrected chi connectivity index (χ3v) is 3.11. The van der Waals surface area contributed by atoms with Crippen LogP contribution in [0.2, 0.25) is 0 Å². The van der Waals surface area contributed by atoms with E-state index in [1.165, 1.54) is 11.1 Å². The predicted molar refractivity (Wildman–Crippen MR) is 69.2 cm³/mol. The molecule has 2 rings (SSSR count). The van der Waals surface area contributed by atoms with Crippen LogP contribution in [0.15, 0.2) is 23.1 Å². The molecule has 0 bridgehead atoms. The van der Waals surface area contributed by atoms with Gasteiger partial charge in [-0.3, -0.25) is 0 Å². The van der Waals surface area contributed by atoms with Crippen LogP contribution >= 0.6 is 0 Å². The second-order valence-electron chi connectivity index (χ2n) is 4.50. The van der Waals surface area contributed by atoms with Crippen LogP contribution in [-0.4, -0.2) is 9.97 Å². The average molecular weight is 228 g/mol. The lowest BCUT2D eigenvalue weighted by Crippen LogP contribution is -2.11. The van der Waals surface area contributed by atoms with Crippen LogP contribution in [0.3, 0.4) is 0 Å². The van der Waals surface area contributed by atoms with Gasteiger partial charge in [-0.25, -0.2) is 9.78 Å². The molecule has 0 amide bonds. The van der Waals surface area contributed by atoms with Crippen LogP contribution in [0.25, 0.3) is 11.3 Å². The Kier molecular flexibility index (Phi) is 2.84. The van der Waals surface area contributed by atoms with Gasteiger partial charge in [-0.2, -0.15) is 0 Å². The molecule has 3 heteroatoms. The van der Waals surface area contributed by atoms with E-state index in [1.807, 2.05) is 6.92 Å². The molecule has 88 valence electrons. The van der Waals surface area contributed by atoms with E-state index in [2.05, 4.69) is 42.9 Å². The molecule has 1 N–H and O–H groups in total. The summed E-state index contributed by atoms with van der Waals surface area (Å²) < 4.78 is 0. The maximum absolute atomic E-state index is 11.3. The molecule has 0 spiro atoms. The van der Waals surface area contributed by atoms with Crippen LogP contribution in [0.5, 0.6) is 0 Å². The first-order valence-electron chi connectivity index (χ1n) is 5.63. The molecule has 3 nitrogen and oxygen atoms in total. The Balaban J connectivity index is 2.72. The summed E-state index contributed by atoms with van der Waals surface area (Å²) in [5, 5.41) is 0. The fourth-order valence-electron chi connectivity index (χ4n) is 1.97.